The van der Waals surface area contributed by atoms with Crippen LogP contribution in [0.4, 0.5) is 4.79 Å². The summed E-state index contributed by atoms with van der Waals surface area (Å²) in [6, 6.07) is 0. The second kappa shape index (κ2) is 5.65. The first-order valence-electron chi connectivity index (χ1n) is 6.13. The number of carbonyl (C=O) groups is 1. The molecular weight excluding hydrogens is 344 g/mol. The minimum absolute atomic E-state index is 0.0790. The molecule has 5 nitrogen and oxygen atoms in total. The third-order valence-corrected chi connectivity index (χ3v) is 4.51. The van der Waals surface area contributed by atoms with Crippen molar-refractivity contribution in [1.29, 1.82) is 0 Å². The zero-order chi connectivity index (χ0) is 14.9. The Morgan fingerprint density at radius 2 is 2.15 bits per heavy atom. The third kappa shape index (κ3) is 3.09. The molecule has 2 heterocycles. The molecule has 0 unspecified atom stereocenters. The monoisotopic (exact) mass is 358 g/mol. The number of rotatable bonds is 2. The predicted molar refractivity (Wildman–Crippen MR) is 81.5 cm³/mol. The molecule has 0 aliphatic rings. The van der Waals surface area contributed by atoms with Crippen molar-refractivity contribution in [3.05, 3.63) is 15.8 Å². The van der Waals surface area contributed by atoms with E-state index in [0.717, 1.165) is 9.71 Å². The molecule has 0 fully saturated rings. The van der Waals surface area contributed by atoms with Crippen LogP contribution in [-0.2, 0) is 10.2 Å². The van der Waals surface area contributed by atoms with Crippen LogP contribution in [0.2, 0.25) is 0 Å². The lowest BCUT2D eigenvalue weighted by Crippen LogP contribution is -2.10. The van der Waals surface area contributed by atoms with Crippen LogP contribution in [0.3, 0.4) is 0 Å². The van der Waals surface area contributed by atoms with Crippen molar-refractivity contribution < 1.29 is 14.3 Å². The number of halogens is 1. The molecule has 7 heteroatoms. The highest BCUT2D eigenvalue weighted by Crippen LogP contribution is 2.38. The molecule has 0 saturated carbocycles. The molecule has 0 atom stereocenters. The van der Waals surface area contributed by atoms with E-state index in [-0.39, 0.29) is 12.0 Å². The van der Waals surface area contributed by atoms with Gasteiger partial charge in [0.15, 0.2) is 5.75 Å². The largest absolute Gasteiger partial charge is 0.513 e. The molecule has 0 spiro atoms. The van der Waals surface area contributed by atoms with E-state index in [1.54, 1.807) is 6.92 Å². The summed E-state index contributed by atoms with van der Waals surface area (Å²) in [6.07, 6.45) is 0.761. The van der Waals surface area contributed by atoms with Gasteiger partial charge in [-0.3, -0.25) is 0 Å². The fraction of sp³-hybridized carbons (Fsp3) is 0.462. The molecule has 2 aromatic rings. The summed E-state index contributed by atoms with van der Waals surface area (Å²) in [5, 5.41) is 0.954. The number of thiazole rings is 1. The third-order valence-electron chi connectivity index (χ3n) is 2.44. The fourth-order valence-electron chi connectivity index (χ4n) is 1.49. The van der Waals surface area contributed by atoms with Gasteiger partial charge >= 0.3 is 6.16 Å². The van der Waals surface area contributed by atoms with E-state index < -0.39 is 6.16 Å². The Bertz CT molecular complexity index is 649. The lowest BCUT2D eigenvalue weighted by molar-refractivity contribution is 0.105. The lowest BCUT2D eigenvalue weighted by atomic mass is 9.98. The second-order valence-corrected chi connectivity index (χ2v) is 6.90. The smallest absolute Gasteiger partial charge is 0.434 e. The van der Waals surface area contributed by atoms with E-state index in [1.807, 2.05) is 0 Å². The molecule has 0 N–H and O–H groups in total. The molecule has 2 aromatic heterocycles. The van der Waals surface area contributed by atoms with Gasteiger partial charge in [-0.15, -0.1) is 11.3 Å². The Morgan fingerprint density at radius 1 is 1.45 bits per heavy atom. The van der Waals surface area contributed by atoms with Crippen molar-refractivity contribution in [1.82, 2.24) is 9.97 Å². The molecule has 0 radical (unpaired) electrons. The van der Waals surface area contributed by atoms with E-state index in [9.17, 15) is 4.79 Å². The summed E-state index contributed by atoms with van der Waals surface area (Å²) < 4.78 is 11.4. The Morgan fingerprint density at radius 3 is 2.75 bits per heavy atom. The normalized spacial score (nSPS) is 11.7. The maximum Gasteiger partial charge on any atom is 0.513 e. The van der Waals surface area contributed by atoms with Crippen molar-refractivity contribution in [3.63, 3.8) is 0 Å². The van der Waals surface area contributed by atoms with Crippen LogP contribution < -0.4 is 4.74 Å². The van der Waals surface area contributed by atoms with E-state index in [1.165, 1.54) is 17.5 Å². The topological polar surface area (TPSA) is 61.3 Å². The van der Waals surface area contributed by atoms with Gasteiger partial charge in [0.2, 0.25) is 0 Å². The zero-order valence-corrected chi connectivity index (χ0v) is 14.1. The Labute approximate surface area is 129 Å². The summed E-state index contributed by atoms with van der Waals surface area (Å²) >= 11 is 4.86. The standard InChI is InChI=1S/C13H15BrN2O3S/c1-5-18-12(17)19-7-6-15-10(14)8-9(7)20-11(16-8)13(2,3)4/h6H,5H2,1-4H3. The molecule has 2 rings (SSSR count). The molecule has 0 saturated heterocycles. The number of fused-ring (bicyclic) bond motifs is 1. The van der Waals surface area contributed by atoms with Crippen molar-refractivity contribution in [2.45, 2.75) is 33.1 Å². The number of aromatic nitrogens is 2. The number of hydrogen-bond donors (Lipinski definition) is 0. The van der Waals surface area contributed by atoms with E-state index in [0.29, 0.717) is 15.9 Å². The van der Waals surface area contributed by atoms with Gasteiger partial charge in [-0.1, -0.05) is 20.8 Å². The average molecular weight is 359 g/mol. The van der Waals surface area contributed by atoms with Crippen molar-refractivity contribution >= 4 is 43.6 Å². The average Bonchev–Trinajstić information content (AvgIpc) is 2.79. The molecule has 20 heavy (non-hydrogen) atoms. The zero-order valence-electron chi connectivity index (χ0n) is 11.7. The summed E-state index contributed by atoms with van der Waals surface area (Å²) in [5.74, 6) is 0.370. The number of pyridine rings is 1. The molecule has 0 aliphatic carbocycles. The fourth-order valence-corrected chi connectivity index (χ4v) is 3.08. The maximum absolute atomic E-state index is 11.4. The van der Waals surface area contributed by atoms with E-state index in [4.69, 9.17) is 9.47 Å². The van der Waals surface area contributed by atoms with Gasteiger partial charge in [-0.2, -0.15) is 0 Å². The molecule has 0 bridgehead atoms. The highest BCUT2D eigenvalue weighted by molar-refractivity contribution is 9.10. The minimum atomic E-state index is -0.733. The Hall–Kier alpha value is -1.21. The van der Waals surface area contributed by atoms with Crippen molar-refractivity contribution in [2.75, 3.05) is 6.61 Å². The van der Waals surface area contributed by atoms with E-state index >= 15 is 0 Å². The van der Waals surface area contributed by atoms with Crippen LogP contribution in [0.25, 0.3) is 10.2 Å². The molecular formula is C13H15BrN2O3S. The van der Waals surface area contributed by atoms with Gasteiger partial charge in [0.1, 0.15) is 14.8 Å². The van der Waals surface area contributed by atoms with Gasteiger partial charge in [-0.25, -0.2) is 14.8 Å². The van der Waals surface area contributed by atoms with Crippen LogP contribution >= 0.6 is 27.3 Å². The molecule has 108 valence electrons. The second-order valence-electron chi connectivity index (χ2n) is 5.15. The molecule has 0 aromatic carbocycles. The summed E-state index contributed by atoms with van der Waals surface area (Å²) in [7, 11) is 0. The minimum Gasteiger partial charge on any atom is -0.434 e. The van der Waals surface area contributed by atoms with Crippen molar-refractivity contribution in [2.24, 2.45) is 0 Å². The first-order valence-corrected chi connectivity index (χ1v) is 7.74. The summed E-state index contributed by atoms with van der Waals surface area (Å²) in [5.41, 5.74) is 0.617. The van der Waals surface area contributed by atoms with E-state index in [2.05, 4.69) is 46.7 Å². The van der Waals surface area contributed by atoms with Gasteiger partial charge in [0.25, 0.3) is 0 Å². The Balaban J connectivity index is 2.48. The lowest BCUT2D eigenvalue weighted by Gasteiger charge is -2.13. The summed E-state index contributed by atoms with van der Waals surface area (Å²) in [6.45, 7) is 8.23. The van der Waals surface area contributed by atoms with Crippen molar-refractivity contribution in [3.8, 4) is 5.75 Å². The number of hydrogen-bond acceptors (Lipinski definition) is 6. The number of ether oxygens (including phenoxy) is 2. The SMILES string of the molecule is CCOC(=O)Oc1cnc(Br)c2nc(C(C)(C)C)sc12. The van der Waals surface area contributed by atoms with Crippen LogP contribution in [0.5, 0.6) is 5.75 Å². The predicted octanol–water partition coefficient (Wildman–Crippen LogP) is 4.29. The van der Waals surface area contributed by atoms with Crippen LogP contribution in [0.15, 0.2) is 10.8 Å². The highest BCUT2D eigenvalue weighted by atomic mass is 79.9. The number of carbonyl (C=O) groups excluding carboxylic acids is 1. The first kappa shape index (κ1) is 15.2. The van der Waals surface area contributed by atoms with Gasteiger partial charge < -0.3 is 9.47 Å². The van der Waals surface area contributed by atoms with Crippen LogP contribution in [0, 0.1) is 0 Å². The summed E-state index contributed by atoms with van der Waals surface area (Å²) in [4.78, 5) is 20.2. The van der Waals surface area contributed by atoms with Gasteiger partial charge in [-0.05, 0) is 22.9 Å². The number of nitrogens with zero attached hydrogens (tertiary/aromatic N) is 2. The van der Waals surface area contributed by atoms with Crippen LogP contribution in [0.1, 0.15) is 32.7 Å². The molecule has 0 amide bonds. The first-order chi connectivity index (χ1) is 9.32. The quantitative estimate of drug-likeness (QED) is 0.591. The highest BCUT2D eigenvalue weighted by Gasteiger charge is 2.22. The molecule has 0 aliphatic heterocycles. The van der Waals surface area contributed by atoms with Gasteiger partial charge in [0, 0.05) is 5.41 Å². The maximum atomic E-state index is 11.4. The Kier molecular flexibility index (Phi) is 4.29. The van der Waals surface area contributed by atoms with Crippen LogP contribution in [-0.4, -0.2) is 22.7 Å². The van der Waals surface area contributed by atoms with Gasteiger partial charge in [0.05, 0.1) is 17.8 Å².